The summed E-state index contributed by atoms with van der Waals surface area (Å²) in [6, 6.07) is 8.87. The molecule has 1 N–H and O–H groups in total. The smallest absolute Gasteiger partial charge is 0.253 e. The monoisotopic (exact) mass is 284 g/mol. The second-order valence-electron chi connectivity index (χ2n) is 5.34. The molecule has 3 rings (SSSR count). The molecule has 1 saturated carbocycles. The highest BCUT2D eigenvalue weighted by Crippen LogP contribution is 2.32. The highest BCUT2D eigenvalue weighted by atomic mass is 16.2. The third-order valence-corrected chi connectivity index (χ3v) is 4.03. The van der Waals surface area contributed by atoms with Crippen molar-refractivity contribution in [3.63, 3.8) is 0 Å². The number of anilines is 1. The molecule has 21 heavy (non-hydrogen) atoms. The molecule has 1 fully saturated rings. The number of carbonyl (C=O) groups excluding carboxylic acids is 3. The van der Waals surface area contributed by atoms with Gasteiger partial charge in [-0.05, 0) is 25.0 Å². The summed E-state index contributed by atoms with van der Waals surface area (Å²) in [7, 11) is 0. The zero-order chi connectivity index (χ0) is 14.8. The fourth-order valence-electron chi connectivity index (χ4n) is 3.05. The van der Waals surface area contributed by atoms with Crippen molar-refractivity contribution in [2.75, 3.05) is 5.32 Å². The summed E-state index contributed by atoms with van der Waals surface area (Å²) in [5.41, 5.74) is 0.727. The number of amides is 3. The average Bonchev–Trinajstić information content (AvgIpc) is 3.07. The molecule has 1 aromatic carbocycles. The zero-order valence-corrected chi connectivity index (χ0v) is 11.5. The number of nitrogens with one attached hydrogen (secondary N) is 1. The van der Waals surface area contributed by atoms with E-state index in [1.165, 1.54) is 17.1 Å². The maximum absolute atomic E-state index is 12.4. The van der Waals surface area contributed by atoms with Crippen LogP contribution < -0.4 is 5.32 Å². The Morgan fingerprint density at radius 1 is 1.05 bits per heavy atom. The van der Waals surface area contributed by atoms with E-state index >= 15 is 0 Å². The van der Waals surface area contributed by atoms with Crippen molar-refractivity contribution in [2.45, 2.75) is 25.3 Å². The molecular weight excluding hydrogens is 268 g/mol. The summed E-state index contributed by atoms with van der Waals surface area (Å²) in [6.45, 7) is 0. The van der Waals surface area contributed by atoms with Crippen LogP contribution in [0.5, 0.6) is 0 Å². The van der Waals surface area contributed by atoms with Crippen LogP contribution in [0.3, 0.4) is 0 Å². The van der Waals surface area contributed by atoms with Gasteiger partial charge < -0.3 is 5.32 Å². The first-order valence-electron chi connectivity index (χ1n) is 7.08. The highest BCUT2D eigenvalue weighted by molar-refractivity contribution is 6.13. The van der Waals surface area contributed by atoms with Crippen molar-refractivity contribution in [2.24, 2.45) is 5.92 Å². The third-order valence-electron chi connectivity index (χ3n) is 4.03. The SMILES string of the molecule is O=C(Nc1ccccc1)[C@H]1CCC[C@@H]1N1C(=O)C=CC1=O. The van der Waals surface area contributed by atoms with Crippen LogP contribution in [0.15, 0.2) is 42.5 Å². The average molecular weight is 284 g/mol. The van der Waals surface area contributed by atoms with E-state index in [9.17, 15) is 14.4 Å². The summed E-state index contributed by atoms with van der Waals surface area (Å²) in [5, 5.41) is 2.86. The van der Waals surface area contributed by atoms with Gasteiger partial charge in [-0.2, -0.15) is 0 Å². The van der Waals surface area contributed by atoms with Crippen molar-refractivity contribution in [3.05, 3.63) is 42.5 Å². The second-order valence-corrected chi connectivity index (χ2v) is 5.34. The van der Waals surface area contributed by atoms with E-state index in [1.54, 1.807) is 0 Å². The van der Waals surface area contributed by atoms with Gasteiger partial charge in [0.2, 0.25) is 5.91 Å². The topological polar surface area (TPSA) is 66.5 Å². The van der Waals surface area contributed by atoms with Crippen molar-refractivity contribution < 1.29 is 14.4 Å². The van der Waals surface area contributed by atoms with Gasteiger partial charge in [0.25, 0.3) is 11.8 Å². The minimum atomic E-state index is -0.335. The molecule has 1 aliphatic heterocycles. The zero-order valence-electron chi connectivity index (χ0n) is 11.5. The normalized spacial score (nSPS) is 24.7. The Hall–Kier alpha value is -2.43. The summed E-state index contributed by atoms with van der Waals surface area (Å²) >= 11 is 0. The van der Waals surface area contributed by atoms with Gasteiger partial charge in [0.15, 0.2) is 0 Å². The summed E-state index contributed by atoms with van der Waals surface area (Å²) < 4.78 is 0. The number of hydrogen-bond donors (Lipinski definition) is 1. The molecule has 0 spiro atoms. The third kappa shape index (κ3) is 2.59. The van der Waals surface area contributed by atoms with E-state index in [0.29, 0.717) is 12.8 Å². The van der Waals surface area contributed by atoms with Gasteiger partial charge in [0.1, 0.15) is 0 Å². The number of benzene rings is 1. The Kier molecular flexibility index (Phi) is 3.56. The maximum atomic E-state index is 12.4. The highest BCUT2D eigenvalue weighted by Gasteiger charge is 2.42. The number of carbonyl (C=O) groups is 3. The molecular formula is C16H16N2O3. The van der Waals surface area contributed by atoms with Gasteiger partial charge in [-0.3, -0.25) is 19.3 Å². The summed E-state index contributed by atoms with van der Waals surface area (Å²) in [5.74, 6) is -1.09. The largest absolute Gasteiger partial charge is 0.326 e. The molecule has 5 heteroatoms. The Balaban J connectivity index is 1.73. The molecule has 0 saturated heterocycles. The molecule has 2 aliphatic rings. The lowest BCUT2D eigenvalue weighted by Gasteiger charge is -2.27. The van der Waals surface area contributed by atoms with Crippen molar-refractivity contribution in [1.29, 1.82) is 0 Å². The van der Waals surface area contributed by atoms with Crippen LogP contribution in [-0.2, 0) is 14.4 Å². The van der Waals surface area contributed by atoms with Crippen LogP contribution in [0.2, 0.25) is 0 Å². The molecule has 2 atom stereocenters. The number of nitrogens with zero attached hydrogens (tertiary/aromatic N) is 1. The van der Waals surface area contributed by atoms with E-state index in [4.69, 9.17) is 0 Å². The van der Waals surface area contributed by atoms with Gasteiger partial charge in [-0.25, -0.2) is 0 Å². The fraction of sp³-hybridized carbons (Fsp3) is 0.312. The second kappa shape index (κ2) is 5.52. The van der Waals surface area contributed by atoms with Crippen LogP contribution in [0, 0.1) is 5.92 Å². The van der Waals surface area contributed by atoms with Crippen molar-refractivity contribution >= 4 is 23.4 Å². The van der Waals surface area contributed by atoms with E-state index < -0.39 is 0 Å². The fourth-order valence-corrected chi connectivity index (χ4v) is 3.05. The Bertz CT molecular complexity index is 591. The summed E-state index contributed by atoms with van der Waals surface area (Å²) in [6.07, 6.45) is 4.76. The Labute approximate surface area is 122 Å². The molecule has 0 bridgehead atoms. The molecule has 0 radical (unpaired) electrons. The predicted octanol–water partition coefficient (Wildman–Crippen LogP) is 1.72. The molecule has 108 valence electrons. The number of para-hydroxylation sites is 1. The minimum Gasteiger partial charge on any atom is -0.326 e. The number of rotatable bonds is 3. The molecule has 5 nitrogen and oxygen atoms in total. The van der Waals surface area contributed by atoms with Gasteiger partial charge in [-0.1, -0.05) is 24.6 Å². The Morgan fingerprint density at radius 2 is 1.71 bits per heavy atom. The molecule has 1 aromatic rings. The van der Waals surface area contributed by atoms with Gasteiger partial charge in [0, 0.05) is 17.8 Å². The van der Waals surface area contributed by atoms with Crippen LogP contribution in [0.25, 0.3) is 0 Å². The van der Waals surface area contributed by atoms with E-state index in [1.807, 2.05) is 30.3 Å². The molecule has 1 aliphatic carbocycles. The molecule has 0 aromatic heterocycles. The lowest BCUT2D eigenvalue weighted by atomic mass is 10.0. The number of hydrogen-bond acceptors (Lipinski definition) is 3. The Morgan fingerprint density at radius 3 is 2.38 bits per heavy atom. The van der Waals surface area contributed by atoms with Crippen LogP contribution >= 0.6 is 0 Å². The first-order valence-corrected chi connectivity index (χ1v) is 7.08. The molecule has 1 heterocycles. The lowest BCUT2D eigenvalue weighted by molar-refractivity contribution is -0.141. The quantitative estimate of drug-likeness (QED) is 0.859. The summed E-state index contributed by atoms with van der Waals surface area (Å²) in [4.78, 5) is 37.2. The van der Waals surface area contributed by atoms with Gasteiger partial charge in [0.05, 0.1) is 12.0 Å². The van der Waals surface area contributed by atoms with E-state index in [0.717, 1.165) is 12.1 Å². The molecule has 0 unspecified atom stereocenters. The van der Waals surface area contributed by atoms with Gasteiger partial charge >= 0.3 is 0 Å². The first kappa shape index (κ1) is 13.5. The van der Waals surface area contributed by atoms with Crippen molar-refractivity contribution in [3.8, 4) is 0 Å². The van der Waals surface area contributed by atoms with Crippen molar-refractivity contribution in [1.82, 2.24) is 4.90 Å². The minimum absolute atomic E-state index is 0.129. The van der Waals surface area contributed by atoms with Crippen LogP contribution in [0.4, 0.5) is 5.69 Å². The first-order chi connectivity index (χ1) is 10.2. The standard InChI is InChI=1S/C16H16N2O3/c19-14-9-10-15(20)18(14)13-8-4-7-12(13)16(21)17-11-5-2-1-3-6-11/h1-3,5-6,9-10,12-13H,4,7-8H2,(H,17,21)/t12-,13-/m0/s1. The van der Waals surface area contributed by atoms with E-state index in [-0.39, 0.29) is 29.7 Å². The number of imide groups is 1. The van der Waals surface area contributed by atoms with Crippen LogP contribution in [-0.4, -0.2) is 28.7 Å². The van der Waals surface area contributed by atoms with E-state index in [2.05, 4.69) is 5.32 Å². The predicted molar refractivity (Wildman–Crippen MR) is 77.2 cm³/mol. The lowest BCUT2D eigenvalue weighted by Crippen LogP contribution is -2.45. The maximum Gasteiger partial charge on any atom is 0.253 e. The molecule has 3 amide bonds. The van der Waals surface area contributed by atoms with Crippen LogP contribution in [0.1, 0.15) is 19.3 Å². The van der Waals surface area contributed by atoms with Gasteiger partial charge in [-0.15, -0.1) is 0 Å².